The highest BCUT2D eigenvalue weighted by molar-refractivity contribution is 9.10. The van der Waals surface area contributed by atoms with E-state index in [1.54, 1.807) is 0 Å². The molecule has 102 valence electrons. The van der Waals surface area contributed by atoms with Gasteiger partial charge in [0.05, 0.1) is 12.1 Å². The van der Waals surface area contributed by atoms with Crippen LogP contribution in [0.15, 0.2) is 21.2 Å². The number of fused-ring (bicyclic) bond motifs is 1. The lowest BCUT2D eigenvalue weighted by Gasteiger charge is -2.25. The average Bonchev–Trinajstić information content (AvgIpc) is 2.95. The van der Waals surface area contributed by atoms with Crippen LogP contribution in [0.1, 0.15) is 49.3 Å². The molecule has 3 rings (SSSR count). The molecule has 0 aliphatic carbocycles. The second kappa shape index (κ2) is 5.09. The Kier molecular flexibility index (Phi) is 3.45. The van der Waals surface area contributed by atoms with Crippen LogP contribution in [-0.4, -0.2) is 14.8 Å². The molecule has 0 unspecified atom stereocenters. The van der Waals surface area contributed by atoms with E-state index < -0.39 is 0 Å². The molecule has 1 aliphatic rings. The molecule has 5 nitrogen and oxygen atoms in total. The molecule has 19 heavy (non-hydrogen) atoms. The van der Waals surface area contributed by atoms with Crippen LogP contribution in [0.3, 0.4) is 0 Å². The second-order valence-corrected chi connectivity index (χ2v) is 5.75. The number of rotatable bonds is 3. The van der Waals surface area contributed by atoms with E-state index in [-0.39, 0.29) is 12.1 Å². The van der Waals surface area contributed by atoms with E-state index >= 15 is 0 Å². The maximum absolute atomic E-state index is 5.59. The van der Waals surface area contributed by atoms with Gasteiger partial charge in [-0.15, -0.1) is 0 Å². The maximum Gasteiger partial charge on any atom is 0.169 e. The minimum absolute atomic E-state index is 0.153. The first kappa shape index (κ1) is 12.9. The fourth-order valence-electron chi connectivity index (χ4n) is 2.57. The zero-order valence-electron chi connectivity index (χ0n) is 11.1. The van der Waals surface area contributed by atoms with Gasteiger partial charge in [-0.2, -0.15) is 5.10 Å². The summed E-state index contributed by atoms with van der Waals surface area (Å²) in [5.74, 6) is 2.82. The van der Waals surface area contributed by atoms with Crippen molar-refractivity contribution in [3.63, 3.8) is 0 Å². The van der Waals surface area contributed by atoms with E-state index in [4.69, 9.17) is 4.42 Å². The molecule has 2 atom stereocenters. The van der Waals surface area contributed by atoms with Gasteiger partial charge in [-0.1, -0.05) is 0 Å². The summed E-state index contributed by atoms with van der Waals surface area (Å²) in [7, 11) is 0. The van der Waals surface area contributed by atoms with E-state index in [0.717, 1.165) is 41.5 Å². The first-order valence-electron chi connectivity index (χ1n) is 6.56. The number of nitrogens with zero attached hydrogens (tertiary/aromatic N) is 3. The third kappa shape index (κ3) is 2.60. The topological polar surface area (TPSA) is 55.9 Å². The van der Waals surface area contributed by atoms with Gasteiger partial charge in [0.15, 0.2) is 4.67 Å². The van der Waals surface area contributed by atoms with Crippen LogP contribution in [0.5, 0.6) is 0 Å². The van der Waals surface area contributed by atoms with Crippen molar-refractivity contribution in [1.29, 1.82) is 0 Å². The minimum Gasteiger partial charge on any atom is -0.453 e. The molecule has 0 spiro atoms. The largest absolute Gasteiger partial charge is 0.453 e. The fourth-order valence-corrected chi connectivity index (χ4v) is 2.89. The van der Waals surface area contributed by atoms with E-state index in [1.165, 1.54) is 0 Å². The van der Waals surface area contributed by atoms with Gasteiger partial charge in [0.2, 0.25) is 0 Å². The lowest BCUT2D eigenvalue weighted by molar-refractivity contribution is 0.320. The monoisotopic (exact) mass is 324 g/mol. The van der Waals surface area contributed by atoms with E-state index in [0.29, 0.717) is 0 Å². The van der Waals surface area contributed by atoms with Crippen LogP contribution in [0, 0.1) is 6.92 Å². The fraction of sp³-hybridized carbons (Fsp3) is 0.538. The van der Waals surface area contributed by atoms with Crippen LogP contribution in [0.25, 0.3) is 0 Å². The van der Waals surface area contributed by atoms with Crippen molar-refractivity contribution >= 4 is 15.9 Å². The molecule has 0 radical (unpaired) electrons. The Bertz CT molecular complexity index is 577. The molecule has 1 N–H and O–H groups in total. The molecule has 0 fully saturated rings. The summed E-state index contributed by atoms with van der Waals surface area (Å²) in [6.45, 7) is 5.01. The van der Waals surface area contributed by atoms with Crippen molar-refractivity contribution in [1.82, 2.24) is 20.1 Å². The minimum atomic E-state index is 0.153. The summed E-state index contributed by atoms with van der Waals surface area (Å²) in [6, 6.07) is 4.30. The third-order valence-electron chi connectivity index (χ3n) is 3.45. The Morgan fingerprint density at radius 3 is 3.11 bits per heavy atom. The lowest BCUT2D eigenvalue weighted by Crippen LogP contribution is -2.30. The highest BCUT2D eigenvalue weighted by Gasteiger charge is 2.25. The highest BCUT2D eigenvalue weighted by Crippen LogP contribution is 2.27. The van der Waals surface area contributed by atoms with Gasteiger partial charge in [-0.05, 0) is 54.8 Å². The predicted octanol–water partition coefficient (Wildman–Crippen LogP) is 3.13. The molecule has 0 bridgehead atoms. The Balaban J connectivity index is 1.77. The number of hydrogen-bond acceptors (Lipinski definition) is 4. The van der Waals surface area contributed by atoms with E-state index in [1.807, 2.05) is 23.7 Å². The zero-order valence-corrected chi connectivity index (χ0v) is 12.6. The Morgan fingerprint density at radius 1 is 1.53 bits per heavy atom. The Morgan fingerprint density at radius 2 is 2.37 bits per heavy atom. The van der Waals surface area contributed by atoms with Crippen molar-refractivity contribution in [3.05, 3.63) is 34.2 Å². The van der Waals surface area contributed by atoms with Gasteiger partial charge >= 0.3 is 0 Å². The summed E-state index contributed by atoms with van der Waals surface area (Å²) in [5, 5.41) is 8.00. The lowest BCUT2D eigenvalue weighted by atomic mass is 10.1. The molecule has 1 aliphatic heterocycles. The summed E-state index contributed by atoms with van der Waals surface area (Å²) < 4.78 is 8.37. The van der Waals surface area contributed by atoms with Gasteiger partial charge < -0.3 is 4.42 Å². The normalized spacial score (nSPS) is 20.3. The predicted molar refractivity (Wildman–Crippen MR) is 74.7 cm³/mol. The number of halogens is 1. The molecule has 3 heterocycles. The SMILES string of the molecule is Cc1nc2n(n1)CCC[C@@H]2N[C@@H](C)c1ccc(Br)o1. The Labute approximate surface area is 120 Å². The molecule has 0 saturated heterocycles. The van der Waals surface area contributed by atoms with Crippen molar-refractivity contribution < 1.29 is 4.42 Å². The van der Waals surface area contributed by atoms with Crippen LogP contribution >= 0.6 is 15.9 Å². The van der Waals surface area contributed by atoms with E-state index in [9.17, 15) is 0 Å². The van der Waals surface area contributed by atoms with Gasteiger partial charge in [0, 0.05) is 6.54 Å². The summed E-state index contributed by atoms with van der Waals surface area (Å²) in [4.78, 5) is 4.53. The number of aromatic nitrogens is 3. The van der Waals surface area contributed by atoms with Crippen LogP contribution in [0.2, 0.25) is 0 Å². The average molecular weight is 325 g/mol. The number of aryl methyl sites for hydroxylation is 2. The first-order valence-corrected chi connectivity index (χ1v) is 7.35. The molecule has 0 amide bonds. The summed E-state index contributed by atoms with van der Waals surface area (Å²) in [5.41, 5.74) is 0. The molecule has 0 aromatic carbocycles. The molecular weight excluding hydrogens is 308 g/mol. The third-order valence-corrected chi connectivity index (χ3v) is 3.88. The van der Waals surface area contributed by atoms with Crippen LogP contribution < -0.4 is 5.32 Å². The van der Waals surface area contributed by atoms with Gasteiger partial charge in [0.1, 0.15) is 17.4 Å². The van der Waals surface area contributed by atoms with Crippen molar-refractivity contribution in [3.8, 4) is 0 Å². The summed E-state index contributed by atoms with van der Waals surface area (Å²) >= 11 is 3.33. The van der Waals surface area contributed by atoms with E-state index in [2.05, 4.69) is 38.3 Å². The first-order chi connectivity index (χ1) is 9.13. The highest BCUT2D eigenvalue weighted by atomic mass is 79.9. The van der Waals surface area contributed by atoms with Crippen molar-refractivity contribution in [2.75, 3.05) is 0 Å². The van der Waals surface area contributed by atoms with Gasteiger partial charge in [0.25, 0.3) is 0 Å². The molecule has 2 aromatic heterocycles. The van der Waals surface area contributed by atoms with Crippen molar-refractivity contribution in [2.24, 2.45) is 0 Å². The Hall–Kier alpha value is -1.14. The number of nitrogens with one attached hydrogen (secondary N) is 1. The van der Waals surface area contributed by atoms with Gasteiger partial charge in [-0.3, -0.25) is 5.32 Å². The second-order valence-electron chi connectivity index (χ2n) is 4.97. The number of hydrogen-bond donors (Lipinski definition) is 1. The molecule has 2 aromatic rings. The van der Waals surface area contributed by atoms with Crippen LogP contribution in [-0.2, 0) is 6.54 Å². The van der Waals surface area contributed by atoms with Crippen molar-refractivity contribution in [2.45, 2.75) is 45.3 Å². The van der Waals surface area contributed by atoms with Crippen LogP contribution in [0.4, 0.5) is 0 Å². The smallest absolute Gasteiger partial charge is 0.169 e. The quantitative estimate of drug-likeness (QED) is 0.942. The molecule has 0 saturated carbocycles. The molecule has 6 heteroatoms. The molecular formula is C13H17BrN4O. The standard InChI is InChI=1S/C13H17BrN4O/c1-8(11-5-6-12(14)19-11)15-10-4-3-7-18-13(10)16-9(2)17-18/h5-6,8,10,15H,3-4,7H2,1-2H3/t8-,10-/m0/s1. The maximum atomic E-state index is 5.59. The summed E-state index contributed by atoms with van der Waals surface area (Å²) in [6.07, 6.45) is 2.21. The van der Waals surface area contributed by atoms with Gasteiger partial charge in [-0.25, -0.2) is 9.67 Å². The number of furan rings is 1. The zero-order chi connectivity index (χ0) is 13.4.